The summed E-state index contributed by atoms with van der Waals surface area (Å²) in [5.74, 6) is 6.67. The van der Waals surface area contributed by atoms with Crippen molar-refractivity contribution in [2.45, 2.75) is 70.4 Å². The highest BCUT2D eigenvalue weighted by Gasteiger charge is 2.23. The second-order valence-electron chi connectivity index (χ2n) is 5.81. The maximum Gasteiger partial charge on any atom is 0.119 e. The second kappa shape index (κ2) is 8.28. The Morgan fingerprint density at radius 1 is 1.15 bits per heavy atom. The third-order valence-electron chi connectivity index (χ3n) is 3.91. The highest BCUT2D eigenvalue weighted by Crippen LogP contribution is 2.28. The van der Waals surface area contributed by atoms with Crippen molar-refractivity contribution in [1.82, 2.24) is 5.43 Å². The number of nitrogens with one attached hydrogen (secondary N) is 1. The molecule has 1 atom stereocenters. The van der Waals surface area contributed by atoms with E-state index >= 15 is 0 Å². The molecule has 1 aliphatic carbocycles. The first-order valence-corrected chi connectivity index (χ1v) is 8.06. The first-order chi connectivity index (χ1) is 9.83. The number of hydrazine groups is 1. The van der Waals surface area contributed by atoms with Gasteiger partial charge in [0.25, 0.3) is 0 Å². The number of hydrogen-bond donors (Lipinski definition) is 2. The van der Waals surface area contributed by atoms with Crippen LogP contribution < -0.4 is 16.0 Å². The summed E-state index contributed by atoms with van der Waals surface area (Å²) in [5, 5.41) is 0. The van der Waals surface area contributed by atoms with Crippen molar-refractivity contribution in [3.63, 3.8) is 0 Å². The zero-order valence-corrected chi connectivity index (χ0v) is 12.6. The van der Waals surface area contributed by atoms with Gasteiger partial charge in [0, 0.05) is 6.04 Å². The molecule has 3 nitrogen and oxygen atoms in total. The normalized spacial score (nSPS) is 16.1. The summed E-state index contributed by atoms with van der Waals surface area (Å²) in [6, 6.07) is 8.65. The van der Waals surface area contributed by atoms with Gasteiger partial charge in [0.2, 0.25) is 0 Å². The average molecular weight is 276 g/mol. The van der Waals surface area contributed by atoms with Crippen LogP contribution in [-0.2, 0) is 0 Å². The molecule has 0 saturated heterocycles. The molecule has 0 amide bonds. The lowest BCUT2D eigenvalue weighted by atomic mass is 10.0. The van der Waals surface area contributed by atoms with E-state index in [-0.39, 0.29) is 6.04 Å². The van der Waals surface area contributed by atoms with E-state index in [4.69, 9.17) is 10.6 Å². The summed E-state index contributed by atoms with van der Waals surface area (Å²) < 4.78 is 5.77. The summed E-state index contributed by atoms with van der Waals surface area (Å²) in [4.78, 5) is 0. The molecule has 0 heterocycles. The molecule has 1 unspecified atom stereocenters. The van der Waals surface area contributed by atoms with Crippen LogP contribution >= 0.6 is 0 Å². The molecule has 3 N–H and O–H groups in total. The zero-order chi connectivity index (χ0) is 14.2. The Hall–Kier alpha value is -1.06. The van der Waals surface area contributed by atoms with Crippen molar-refractivity contribution >= 4 is 0 Å². The summed E-state index contributed by atoms with van der Waals surface area (Å²) in [5.41, 5.74) is 4.20. The first kappa shape index (κ1) is 15.3. The number of nitrogens with two attached hydrogens (primary N) is 1. The average Bonchev–Trinajstić information content (AvgIpc) is 3.28. The Morgan fingerprint density at radius 2 is 1.85 bits per heavy atom. The molecule has 1 aromatic rings. The minimum atomic E-state index is 0.256. The molecule has 112 valence electrons. The van der Waals surface area contributed by atoms with Crippen molar-refractivity contribution in [2.24, 2.45) is 5.84 Å². The van der Waals surface area contributed by atoms with Gasteiger partial charge in [0.05, 0.1) is 6.10 Å². The number of unbranched alkanes of at least 4 members (excludes halogenated alkanes) is 4. The summed E-state index contributed by atoms with van der Waals surface area (Å²) in [7, 11) is 0. The van der Waals surface area contributed by atoms with Gasteiger partial charge in [-0.3, -0.25) is 11.3 Å². The zero-order valence-electron chi connectivity index (χ0n) is 12.6. The largest absolute Gasteiger partial charge is 0.490 e. The van der Waals surface area contributed by atoms with Crippen LogP contribution in [0.2, 0.25) is 0 Å². The third-order valence-corrected chi connectivity index (χ3v) is 3.91. The molecular formula is C17H28N2O. The summed E-state index contributed by atoms with van der Waals surface area (Å²) in [6.45, 7) is 2.25. The lowest BCUT2D eigenvalue weighted by molar-refractivity contribution is 0.303. The predicted molar refractivity (Wildman–Crippen MR) is 83.5 cm³/mol. The van der Waals surface area contributed by atoms with Crippen molar-refractivity contribution in [3.8, 4) is 5.75 Å². The highest BCUT2D eigenvalue weighted by molar-refractivity contribution is 5.29. The Morgan fingerprint density at radius 3 is 2.45 bits per heavy atom. The maximum absolute atomic E-state index is 5.77. The van der Waals surface area contributed by atoms with Crippen LogP contribution in [0, 0.1) is 0 Å². The van der Waals surface area contributed by atoms with E-state index < -0.39 is 0 Å². The van der Waals surface area contributed by atoms with Gasteiger partial charge in [-0.25, -0.2) is 0 Å². The topological polar surface area (TPSA) is 47.3 Å². The third kappa shape index (κ3) is 5.14. The number of benzene rings is 1. The monoisotopic (exact) mass is 276 g/mol. The lowest BCUT2D eigenvalue weighted by Crippen LogP contribution is -2.27. The van der Waals surface area contributed by atoms with Crippen molar-refractivity contribution in [1.29, 1.82) is 0 Å². The molecule has 20 heavy (non-hydrogen) atoms. The molecule has 0 aliphatic heterocycles. The molecule has 1 aromatic carbocycles. The Labute approximate surface area is 122 Å². The molecule has 0 bridgehead atoms. The molecule has 0 radical (unpaired) electrons. The molecule has 2 rings (SSSR count). The summed E-state index contributed by atoms with van der Waals surface area (Å²) in [6.07, 6.45) is 10.5. The fraction of sp³-hybridized carbons (Fsp3) is 0.647. The van der Waals surface area contributed by atoms with Crippen molar-refractivity contribution in [3.05, 3.63) is 29.8 Å². The van der Waals surface area contributed by atoms with E-state index in [0.717, 1.165) is 12.2 Å². The molecule has 1 aliphatic rings. The predicted octanol–water partition coefficient (Wildman–Crippen LogP) is 4.09. The van der Waals surface area contributed by atoms with Crippen LogP contribution in [0.5, 0.6) is 5.75 Å². The Balaban J connectivity index is 1.77. The fourth-order valence-electron chi connectivity index (χ4n) is 2.46. The molecule has 1 fully saturated rings. The van der Waals surface area contributed by atoms with E-state index in [1.807, 2.05) is 0 Å². The molecule has 0 spiro atoms. The van der Waals surface area contributed by atoms with Crippen LogP contribution in [0.1, 0.15) is 69.9 Å². The summed E-state index contributed by atoms with van der Waals surface area (Å²) >= 11 is 0. The van der Waals surface area contributed by atoms with Crippen molar-refractivity contribution in [2.75, 3.05) is 0 Å². The quantitative estimate of drug-likeness (QED) is 0.384. The first-order valence-electron chi connectivity index (χ1n) is 8.06. The van der Waals surface area contributed by atoms with E-state index in [9.17, 15) is 0 Å². The van der Waals surface area contributed by atoms with Crippen LogP contribution in [-0.4, -0.2) is 6.10 Å². The smallest absolute Gasteiger partial charge is 0.119 e. The molecule has 0 aromatic heterocycles. The highest BCUT2D eigenvalue weighted by atomic mass is 16.5. The Bertz CT molecular complexity index is 373. The fourth-order valence-corrected chi connectivity index (χ4v) is 2.46. The second-order valence-corrected chi connectivity index (χ2v) is 5.81. The maximum atomic E-state index is 5.77. The molecule has 3 heteroatoms. The van der Waals surface area contributed by atoms with Gasteiger partial charge in [-0.05, 0) is 37.0 Å². The lowest BCUT2D eigenvalue weighted by Gasteiger charge is -2.16. The van der Waals surface area contributed by atoms with E-state index in [1.165, 1.54) is 50.5 Å². The SMILES string of the molecule is CCCCCCCC(NN)c1ccc(OC2CC2)cc1. The molecule has 1 saturated carbocycles. The van der Waals surface area contributed by atoms with E-state index in [0.29, 0.717) is 6.10 Å². The standard InChI is InChI=1S/C17H28N2O/c1-2-3-4-5-6-7-17(19-18)14-8-10-15(11-9-14)20-16-12-13-16/h8-11,16-17,19H,2-7,12-13,18H2,1H3. The van der Waals surface area contributed by atoms with Gasteiger partial charge >= 0.3 is 0 Å². The van der Waals surface area contributed by atoms with Crippen LogP contribution in [0.3, 0.4) is 0 Å². The van der Waals surface area contributed by atoms with E-state index in [2.05, 4.69) is 36.6 Å². The van der Waals surface area contributed by atoms with E-state index in [1.54, 1.807) is 0 Å². The minimum Gasteiger partial charge on any atom is -0.490 e. The Kier molecular flexibility index (Phi) is 6.34. The minimum absolute atomic E-state index is 0.256. The van der Waals surface area contributed by atoms with Crippen LogP contribution in [0.4, 0.5) is 0 Å². The van der Waals surface area contributed by atoms with Crippen LogP contribution in [0.25, 0.3) is 0 Å². The van der Waals surface area contributed by atoms with Gasteiger partial charge < -0.3 is 4.74 Å². The van der Waals surface area contributed by atoms with Gasteiger partial charge in [-0.1, -0.05) is 51.2 Å². The van der Waals surface area contributed by atoms with Gasteiger partial charge in [0.15, 0.2) is 0 Å². The number of rotatable bonds is 10. The van der Waals surface area contributed by atoms with Crippen LogP contribution in [0.15, 0.2) is 24.3 Å². The van der Waals surface area contributed by atoms with Crippen molar-refractivity contribution < 1.29 is 4.74 Å². The number of ether oxygens (including phenoxy) is 1. The van der Waals surface area contributed by atoms with Gasteiger partial charge in [0.1, 0.15) is 5.75 Å². The number of hydrogen-bond acceptors (Lipinski definition) is 3. The van der Waals surface area contributed by atoms with Gasteiger partial charge in [-0.2, -0.15) is 0 Å². The molecular weight excluding hydrogens is 248 g/mol. The van der Waals surface area contributed by atoms with Gasteiger partial charge in [-0.15, -0.1) is 0 Å².